The van der Waals surface area contributed by atoms with E-state index in [4.69, 9.17) is 11.5 Å². The molecule has 0 bridgehead atoms. The maximum Gasteiger partial charge on any atom is 0.0642 e. The smallest absolute Gasteiger partial charge is 0.0642 e. The van der Waals surface area contributed by atoms with Crippen molar-refractivity contribution in [2.24, 2.45) is 16.1 Å². The second-order valence-corrected chi connectivity index (χ2v) is 8.35. The highest BCUT2D eigenvalue weighted by molar-refractivity contribution is 5.79. The Kier molecular flexibility index (Phi) is 7.64. The largest absolute Gasteiger partial charge is 0.399 e. The van der Waals surface area contributed by atoms with E-state index in [0.717, 1.165) is 24.2 Å². The third-order valence-electron chi connectivity index (χ3n) is 5.06. The molecule has 1 aliphatic rings. The molecule has 0 aromatic heterocycles. The number of hydrogen-bond donors (Lipinski definition) is 3. The number of nitrogens with two attached hydrogens (primary N) is 2. The number of nitrogens with zero attached hydrogens (tertiary/aromatic N) is 1. The Balaban J connectivity index is 2.67. The lowest BCUT2D eigenvalue weighted by Gasteiger charge is -2.26. The molecule has 0 saturated carbocycles. The molecule has 1 aromatic carbocycles. The lowest BCUT2D eigenvalue weighted by atomic mass is 9.82. The fraction of sp³-hybridized carbons (Fsp3) is 0.458. The molecule has 1 aliphatic heterocycles. The van der Waals surface area contributed by atoms with Crippen LogP contribution in [0.3, 0.4) is 0 Å². The van der Waals surface area contributed by atoms with Gasteiger partial charge in [0.1, 0.15) is 0 Å². The third kappa shape index (κ3) is 5.59. The van der Waals surface area contributed by atoms with Crippen LogP contribution in [0.4, 0.5) is 5.69 Å². The van der Waals surface area contributed by atoms with E-state index in [2.05, 4.69) is 68.4 Å². The van der Waals surface area contributed by atoms with E-state index in [-0.39, 0.29) is 11.3 Å². The number of rotatable bonds is 6. The number of aliphatic imine (C=N–C) groups is 1. The summed E-state index contributed by atoms with van der Waals surface area (Å²) in [6, 6.07) is 6.14. The SMILES string of the molecule is CC/C=C(/C=C(\NC)C1/C=C(/CCN)C=NCc2ccc(N)cc21)C(C)(C)C. The number of anilines is 1. The van der Waals surface area contributed by atoms with Crippen LogP contribution in [0.15, 0.2) is 58.3 Å². The Morgan fingerprint density at radius 1 is 1.32 bits per heavy atom. The molecule has 1 heterocycles. The van der Waals surface area contributed by atoms with Crippen LogP contribution in [0, 0.1) is 5.41 Å². The van der Waals surface area contributed by atoms with Crippen LogP contribution in [0.1, 0.15) is 57.6 Å². The summed E-state index contributed by atoms with van der Waals surface area (Å²) in [5.74, 6) is 0.0828. The average Bonchev–Trinajstić information content (AvgIpc) is 2.62. The molecular formula is C24H36N4. The van der Waals surface area contributed by atoms with Gasteiger partial charge in [-0.1, -0.05) is 45.9 Å². The minimum atomic E-state index is 0.0730. The van der Waals surface area contributed by atoms with Gasteiger partial charge in [-0.05, 0) is 65.3 Å². The zero-order valence-electron chi connectivity index (χ0n) is 18.0. The van der Waals surface area contributed by atoms with E-state index >= 15 is 0 Å². The van der Waals surface area contributed by atoms with Gasteiger partial charge in [-0.25, -0.2) is 0 Å². The first kappa shape index (κ1) is 22.0. The first-order chi connectivity index (χ1) is 13.3. The zero-order valence-corrected chi connectivity index (χ0v) is 18.0. The molecular weight excluding hydrogens is 344 g/mol. The van der Waals surface area contributed by atoms with Crippen molar-refractivity contribution < 1.29 is 0 Å². The molecule has 4 nitrogen and oxygen atoms in total. The lowest BCUT2D eigenvalue weighted by Crippen LogP contribution is -2.19. The number of benzene rings is 1. The van der Waals surface area contributed by atoms with Crippen molar-refractivity contribution in [2.75, 3.05) is 19.3 Å². The summed E-state index contributed by atoms with van der Waals surface area (Å²) in [4.78, 5) is 4.61. The lowest BCUT2D eigenvalue weighted by molar-refractivity contribution is 0.513. The van der Waals surface area contributed by atoms with Crippen LogP contribution in [0.2, 0.25) is 0 Å². The molecule has 0 saturated heterocycles. The molecule has 4 heteroatoms. The summed E-state index contributed by atoms with van der Waals surface area (Å²) < 4.78 is 0. The predicted molar refractivity (Wildman–Crippen MR) is 123 cm³/mol. The van der Waals surface area contributed by atoms with Crippen LogP contribution in [-0.2, 0) is 6.54 Å². The molecule has 0 spiro atoms. The van der Waals surface area contributed by atoms with Crippen LogP contribution >= 0.6 is 0 Å². The molecule has 1 unspecified atom stereocenters. The van der Waals surface area contributed by atoms with Crippen molar-refractivity contribution in [1.29, 1.82) is 0 Å². The Morgan fingerprint density at radius 3 is 2.68 bits per heavy atom. The van der Waals surface area contributed by atoms with Gasteiger partial charge in [0.2, 0.25) is 0 Å². The van der Waals surface area contributed by atoms with Gasteiger partial charge >= 0.3 is 0 Å². The fourth-order valence-corrected chi connectivity index (χ4v) is 3.51. The van der Waals surface area contributed by atoms with Crippen LogP contribution in [0.5, 0.6) is 0 Å². The highest BCUT2D eigenvalue weighted by Crippen LogP contribution is 2.35. The molecule has 5 N–H and O–H groups in total. The predicted octanol–water partition coefficient (Wildman–Crippen LogP) is 4.70. The van der Waals surface area contributed by atoms with Gasteiger partial charge in [-0.3, -0.25) is 4.99 Å². The number of allylic oxidation sites excluding steroid dienone is 4. The van der Waals surface area contributed by atoms with E-state index in [1.54, 1.807) is 0 Å². The summed E-state index contributed by atoms with van der Waals surface area (Å²) in [5.41, 5.74) is 18.9. The molecule has 28 heavy (non-hydrogen) atoms. The number of fused-ring (bicyclic) bond motifs is 1. The molecule has 0 fully saturated rings. The highest BCUT2D eigenvalue weighted by atomic mass is 14.8. The minimum absolute atomic E-state index is 0.0730. The topological polar surface area (TPSA) is 76.4 Å². The summed E-state index contributed by atoms with van der Waals surface area (Å²) in [5, 5.41) is 3.46. The normalized spacial score (nSPS) is 20.1. The maximum absolute atomic E-state index is 6.16. The Labute approximate surface area is 170 Å². The van der Waals surface area contributed by atoms with E-state index in [0.29, 0.717) is 13.1 Å². The highest BCUT2D eigenvalue weighted by Gasteiger charge is 2.22. The monoisotopic (exact) mass is 380 g/mol. The summed E-state index contributed by atoms with van der Waals surface area (Å²) in [7, 11) is 1.99. The summed E-state index contributed by atoms with van der Waals surface area (Å²) in [6.07, 6.45) is 10.7. The number of nitrogen functional groups attached to an aromatic ring is 1. The maximum atomic E-state index is 6.16. The van der Waals surface area contributed by atoms with Crippen LogP contribution in [-0.4, -0.2) is 19.8 Å². The number of nitrogens with one attached hydrogen (secondary N) is 1. The average molecular weight is 381 g/mol. The second-order valence-electron chi connectivity index (χ2n) is 8.35. The van der Waals surface area contributed by atoms with Gasteiger partial charge in [0.15, 0.2) is 0 Å². The molecule has 1 aromatic rings. The molecule has 1 atom stereocenters. The van der Waals surface area contributed by atoms with Crippen LogP contribution in [0.25, 0.3) is 0 Å². The van der Waals surface area contributed by atoms with E-state index in [9.17, 15) is 0 Å². The van der Waals surface area contributed by atoms with Crippen molar-refractivity contribution in [3.8, 4) is 0 Å². The molecule has 2 rings (SSSR count). The molecule has 152 valence electrons. The van der Waals surface area contributed by atoms with Gasteiger partial charge in [0, 0.05) is 30.6 Å². The van der Waals surface area contributed by atoms with Crippen molar-refractivity contribution in [2.45, 2.75) is 53.0 Å². The van der Waals surface area contributed by atoms with Crippen molar-refractivity contribution in [3.05, 3.63) is 64.4 Å². The van der Waals surface area contributed by atoms with Crippen molar-refractivity contribution in [1.82, 2.24) is 5.32 Å². The van der Waals surface area contributed by atoms with Gasteiger partial charge in [-0.15, -0.1) is 0 Å². The van der Waals surface area contributed by atoms with Crippen LogP contribution < -0.4 is 16.8 Å². The molecule has 0 radical (unpaired) electrons. The summed E-state index contributed by atoms with van der Waals surface area (Å²) in [6.45, 7) is 10.2. The first-order valence-corrected chi connectivity index (χ1v) is 10.2. The Hall–Kier alpha value is -2.33. The van der Waals surface area contributed by atoms with Gasteiger partial charge < -0.3 is 16.8 Å². The minimum Gasteiger partial charge on any atom is -0.399 e. The standard InChI is InChI=1S/C24H36N4/c1-6-7-19(24(2,3)4)13-23(27-5)22-12-17(10-11-25)15-28-16-18-8-9-20(26)14-21(18)22/h7-9,12-15,22,27H,6,10-11,16,25-26H2,1-5H3/b17-12-,19-7-,23-13-,28-15?. The Bertz CT molecular complexity index is 791. The van der Waals surface area contributed by atoms with Crippen molar-refractivity contribution >= 4 is 11.9 Å². The number of likely N-dealkylation sites (N-methyl/N-ethyl adjacent to an activating group) is 1. The fourth-order valence-electron chi connectivity index (χ4n) is 3.51. The number of hydrogen-bond acceptors (Lipinski definition) is 4. The van der Waals surface area contributed by atoms with Gasteiger partial charge in [0.25, 0.3) is 0 Å². The Morgan fingerprint density at radius 2 is 2.07 bits per heavy atom. The third-order valence-corrected chi connectivity index (χ3v) is 5.06. The first-order valence-electron chi connectivity index (χ1n) is 10.2. The second kappa shape index (κ2) is 9.74. The van der Waals surface area contributed by atoms with Crippen molar-refractivity contribution in [3.63, 3.8) is 0 Å². The van der Waals surface area contributed by atoms with Gasteiger partial charge in [-0.2, -0.15) is 0 Å². The summed E-state index contributed by atoms with van der Waals surface area (Å²) >= 11 is 0. The van der Waals surface area contributed by atoms with Gasteiger partial charge in [0.05, 0.1) is 6.54 Å². The quantitative estimate of drug-likeness (QED) is 0.494. The molecule has 0 amide bonds. The van der Waals surface area contributed by atoms with E-state index in [1.807, 2.05) is 19.3 Å². The zero-order chi connectivity index (χ0) is 20.7. The van der Waals surface area contributed by atoms with E-state index < -0.39 is 0 Å². The van der Waals surface area contributed by atoms with E-state index in [1.165, 1.54) is 22.3 Å². The molecule has 0 aliphatic carbocycles.